The topological polar surface area (TPSA) is 61.7 Å². The van der Waals surface area contributed by atoms with Gasteiger partial charge < -0.3 is 20.3 Å². The van der Waals surface area contributed by atoms with E-state index in [-0.39, 0.29) is 5.75 Å². The van der Waals surface area contributed by atoms with E-state index >= 15 is 0 Å². The summed E-state index contributed by atoms with van der Waals surface area (Å²) in [7, 11) is 1.54. The van der Waals surface area contributed by atoms with Crippen molar-refractivity contribution in [3.05, 3.63) is 23.8 Å². The number of phenolic OH excluding ortho intramolecular Hbond substituents is 1. The second-order valence-corrected chi connectivity index (χ2v) is 5.98. The highest BCUT2D eigenvalue weighted by Gasteiger charge is 2.31. The molecule has 0 aliphatic heterocycles. The van der Waals surface area contributed by atoms with Crippen LogP contribution in [0.15, 0.2) is 18.2 Å². The first kappa shape index (κ1) is 15.1. The number of ether oxygens (including phenoxy) is 1. The molecule has 1 aliphatic rings. The molecule has 4 heteroatoms. The lowest BCUT2D eigenvalue weighted by molar-refractivity contribution is -0.00633. The molecule has 0 saturated heterocycles. The van der Waals surface area contributed by atoms with Crippen molar-refractivity contribution in [2.45, 2.75) is 44.8 Å². The fourth-order valence-corrected chi connectivity index (χ4v) is 2.78. The van der Waals surface area contributed by atoms with Gasteiger partial charge in [-0.2, -0.15) is 0 Å². The zero-order valence-corrected chi connectivity index (χ0v) is 12.4. The third-order valence-corrected chi connectivity index (χ3v) is 4.28. The van der Waals surface area contributed by atoms with Crippen molar-refractivity contribution in [2.24, 2.45) is 5.92 Å². The molecule has 1 saturated carbocycles. The molecule has 0 unspecified atom stereocenters. The number of hydrogen-bond acceptors (Lipinski definition) is 4. The lowest BCUT2D eigenvalue weighted by Gasteiger charge is -2.35. The molecule has 112 valence electrons. The van der Waals surface area contributed by atoms with E-state index in [1.54, 1.807) is 6.07 Å². The van der Waals surface area contributed by atoms with Crippen molar-refractivity contribution >= 4 is 0 Å². The van der Waals surface area contributed by atoms with Crippen LogP contribution in [0, 0.1) is 5.92 Å². The van der Waals surface area contributed by atoms with E-state index in [9.17, 15) is 10.2 Å². The highest BCUT2D eigenvalue weighted by molar-refractivity contribution is 5.45. The standard InChI is InChI=1S/C16H25NO3/c1-12-6-8-16(19,9-7-12)11-17-10-13-4-3-5-14(20-2)15(13)18/h3-5,12,17-19H,6-11H2,1-2H3. The molecule has 1 aliphatic carbocycles. The van der Waals surface area contributed by atoms with Crippen LogP contribution in [-0.2, 0) is 6.54 Å². The fourth-order valence-electron chi connectivity index (χ4n) is 2.78. The number of nitrogens with one attached hydrogen (secondary N) is 1. The monoisotopic (exact) mass is 279 g/mol. The average molecular weight is 279 g/mol. The quantitative estimate of drug-likeness (QED) is 0.774. The Morgan fingerprint density at radius 3 is 2.70 bits per heavy atom. The average Bonchev–Trinajstić information content (AvgIpc) is 2.44. The van der Waals surface area contributed by atoms with Gasteiger partial charge in [0.1, 0.15) is 0 Å². The first-order valence-electron chi connectivity index (χ1n) is 7.32. The largest absolute Gasteiger partial charge is 0.504 e. The first-order valence-corrected chi connectivity index (χ1v) is 7.32. The summed E-state index contributed by atoms with van der Waals surface area (Å²) in [6.45, 7) is 3.33. The van der Waals surface area contributed by atoms with E-state index in [1.807, 2.05) is 12.1 Å². The molecule has 4 nitrogen and oxygen atoms in total. The van der Waals surface area contributed by atoms with Crippen molar-refractivity contribution in [1.82, 2.24) is 5.32 Å². The lowest BCUT2D eigenvalue weighted by atomic mass is 9.79. The van der Waals surface area contributed by atoms with Gasteiger partial charge in [0.15, 0.2) is 11.5 Å². The molecule has 0 amide bonds. The minimum Gasteiger partial charge on any atom is -0.504 e. The Labute approximate surface area is 120 Å². The van der Waals surface area contributed by atoms with Crippen LogP contribution in [0.5, 0.6) is 11.5 Å². The van der Waals surface area contributed by atoms with Crippen LogP contribution < -0.4 is 10.1 Å². The molecular weight excluding hydrogens is 254 g/mol. The van der Waals surface area contributed by atoms with Gasteiger partial charge in [0, 0.05) is 18.7 Å². The Bertz CT molecular complexity index is 439. The number of methoxy groups -OCH3 is 1. The van der Waals surface area contributed by atoms with Crippen molar-refractivity contribution in [3.8, 4) is 11.5 Å². The SMILES string of the molecule is COc1cccc(CNCC2(O)CCC(C)CC2)c1O. The summed E-state index contributed by atoms with van der Waals surface area (Å²) >= 11 is 0. The predicted octanol–water partition coefficient (Wildman–Crippen LogP) is 2.43. The minimum absolute atomic E-state index is 0.173. The van der Waals surface area contributed by atoms with Crippen LogP contribution >= 0.6 is 0 Å². The highest BCUT2D eigenvalue weighted by atomic mass is 16.5. The van der Waals surface area contributed by atoms with Gasteiger partial charge in [-0.25, -0.2) is 0 Å². The van der Waals surface area contributed by atoms with Gasteiger partial charge in [-0.3, -0.25) is 0 Å². The maximum atomic E-state index is 10.5. The van der Waals surface area contributed by atoms with Gasteiger partial charge in [0.25, 0.3) is 0 Å². The zero-order valence-electron chi connectivity index (χ0n) is 12.4. The van der Waals surface area contributed by atoms with E-state index in [1.165, 1.54) is 7.11 Å². The maximum absolute atomic E-state index is 10.5. The van der Waals surface area contributed by atoms with E-state index in [2.05, 4.69) is 12.2 Å². The summed E-state index contributed by atoms with van der Waals surface area (Å²) in [6, 6.07) is 5.44. The third-order valence-electron chi connectivity index (χ3n) is 4.28. The zero-order chi connectivity index (χ0) is 14.6. The third kappa shape index (κ3) is 3.64. The smallest absolute Gasteiger partial charge is 0.162 e. The van der Waals surface area contributed by atoms with Gasteiger partial charge in [0.2, 0.25) is 0 Å². The van der Waals surface area contributed by atoms with Gasteiger partial charge in [0.05, 0.1) is 12.7 Å². The van der Waals surface area contributed by atoms with E-state index in [0.29, 0.717) is 18.8 Å². The second kappa shape index (κ2) is 6.46. The van der Waals surface area contributed by atoms with Crippen LogP contribution in [0.25, 0.3) is 0 Å². The number of phenols is 1. The summed E-state index contributed by atoms with van der Waals surface area (Å²) < 4.78 is 5.09. The Hall–Kier alpha value is -1.26. The molecular formula is C16H25NO3. The van der Waals surface area contributed by atoms with Crippen LogP contribution in [0.3, 0.4) is 0 Å². The molecule has 0 atom stereocenters. The molecule has 2 rings (SSSR count). The predicted molar refractivity (Wildman–Crippen MR) is 78.9 cm³/mol. The van der Waals surface area contributed by atoms with Crippen LogP contribution in [0.2, 0.25) is 0 Å². The summed E-state index contributed by atoms with van der Waals surface area (Å²) in [4.78, 5) is 0. The molecule has 1 aromatic carbocycles. The molecule has 20 heavy (non-hydrogen) atoms. The van der Waals surface area contributed by atoms with Gasteiger partial charge in [-0.15, -0.1) is 0 Å². The number of para-hydroxylation sites is 1. The molecule has 0 aromatic heterocycles. The number of aromatic hydroxyl groups is 1. The summed E-state index contributed by atoms with van der Waals surface area (Å²) in [5.41, 5.74) is 0.193. The molecule has 0 radical (unpaired) electrons. The minimum atomic E-state index is -0.596. The molecule has 3 N–H and O–H groups in total. The normalized spacial score (nSPS) is 26.4. The van der Waals surface area contributed by atoms with E-state index < -0.39 is 5.60 Å². The number of hydrogen-bond donors (Lipinski definition) is 3. The Balaban J connectivity index is 1.87. The number of aliphatic hydroxyl groups is 1. The van der Waals surface area contributed by atoms with Crippen LogP contribution in [0.1, 0.15) is 38.2 Å². The fraction of sp³-hybridized carbons (Fsp3) is 0.625. The van der Waals surface area contributed by atoms with Crippen molar-refractivity contribution < 1.29 is 14.9 Å². The maximum Gasteiger partial charge on any atom is 0.162 e. The van der Waals surface area contributed by atoms with Gasteiger partial charge >= 0.3 is 0 Å². The Morgan fingerprint density at radius 1 is 1.35 bits per heavy atom. The molecule has 1 fully saturated rings. The Morgan fingerprint density at radius 2 is 2.05 bits per heavy atom. The van der Waals surface area contributed by atoms with Gasteiger partial charge in [-0.1, -0.05) is 19.1 Å². The molecule has 0 heterocycles. The van der Waals surface area contributed by atoms with Crippen molar-refractivity contribution in [2.75, 3.05) is 13.7 Å². The molecule has 1 aromatic rings. The summed E-state index contributed by atoms with van der Waals surface area (Å²) in [5, 5.41) is 23.7. The lowest BCUT2D eigenvalue weighted by Crippen LogP contribution is -2.43. The molecule has 0 spiro atoms. The number of benzene rings is 1. The summed E-state index contributed by atoms with van der Waals surface area (Å²) in [5.74, 6) is 1.37. The Kier molecular flexibility index (Phi) is 4.89. The van der Waals surface area contributed by atoms with Crippen LogP contribution in [-0.4, -0.2) is 29.5 Å². The highest BCUT2D eigenvalue weighted by Crippen LogP contribution is 2.32. The number of rotatable bonds is 5. The molecule has 0 bridgehead atoms. The second-order valence-electron chi connectivity index (χ2n) is 5.98. The van der Waals surface area contributed by atoms with Crippen molar-refractivity contribution in [1.29, 1.82) is 0 Å². The van der Waals surface area contributed by atoms with E-state index in [4.69, 9.17) is 4.74 Å². The van der Waals surface area contributed by atoms with Crippen molar-refractivity contribution in [3.63, 3.8) is 0 Å². The summed E-state index contributed by atoms with van der Waals surface area (Å²) in [6.07, 6.45) is 3.88. The van der Waals surface area contributed by atoms with Crippen LogP contribution in [0.4, 0.5) is 0 Å². The van der Waals surface area contributed by atoms with E-state index in [0.717, 1.165) is 37.2 Å². The first-order chi connectivity index (χ1) is 9.54. The van der Waals surface area contributed by atoms with Gasteiger partial charge in [-0.05, 0) is 37.7 Å².